The minimum atomic E-state index is 0.464. The third kappa shape index (κ3) is 4.06. The van der Waals surface area contributed by atoms with Crippen LogP contribution >= 0.6 is 23.2 Å². The maximum Gasteiger partial charge on any atom is 0.0638 e. The molecule has 2 nitrogen and oxygen atoms in total. The van der Waals surface area contributed by atoms with Gasteiger partial charge in [-0.2, -0.15) is 0 Å². The molecule has 2 rings (SSSR count). The van der Waals surface area contributed by atoms with Crippen molar-refractivity contribution < 1.29 is 4.74 Å². The molecule has 1 unspecified atom stereocenters. The second-order valence-electron chi connectivity index (χ2n) is 4.33. The highest BCUT2D eigenvalue weighted by molar-refractivity contribution is 6.35. The molecule has 1 fully saturated rings. The van der Waals surface area contributed by atoms with Crippen LogP contribution in [0.5, 0.6) is 0 Å². The summed E-state index contributed by atoms with van der Waals surface area (Å²) >= 11 is 12.0. The highest BCUT2D eigenvalue weighted by Gasteiger charge is 2.14. The van der Waals surface area contributed by atoms with Crippen LogP contribution in [0.15, 0.2) is 18.2 Å². The summed E-state index contributed by atoms with van der Waals surface area (Å²) in [5.74, 6) is 0. The lowest BCUT2D eigenvalue weighted by atomic mass is 10.1. The van der Waals surface area contributed by atoms with E-state index in [0.717, 1.165) is 31.7 Å². The fourth-order valence-corrected chi connectivity index (χ4v) is 2.41. The molecule has 0 radical (unpaired) electrons. The van der Waals surface area contributed by atoms with Crippen LogP contribution in [0.4, 0.5) is 5.69 Å². The number of hydrogen-bond donors (Lipinski definition) is 1. The van der Waals surface area contributed by atoms with E-state index < -0.39 is 0 Å². The van der Waals surface area contributed by atoms with Crippen molar-refractivity contribution in [1.82, 2.24) is 0 Å². The molecule has 1 aliphatic heterocycles. The zero-order chi connectivity index (χ0) is 12.1. The molecule has 1 aliphatic rings. The summed E-state index contributed by atoms with van der Waals surface area (Å²) in [6, 6.07) is 5.46. The molecule has 0 aliphatic carbocycles. The van der Waals surface area contributed by atoms with E-state index in [9.17, 15) is 0 Å². The summed E-state index contributed by atoms with van der Waals surface area (Å²) in [6.45, 7) is 1.83. The summed E-state index contributed by atoms with van der Waals surface area (Å²) in [5.41, 5.74) is 0.909. The molecule has 0 aromatic heterocycles. The fourth-order valence-electron chi connectivity index (χ4n) is 2.06. The Labute approximate surface area is 112 Å². The zero-order valence-corrected chi connectivity index (χ0v) is 11.2. The van der Waals surface area contributed by atoms with Crippen molar-refractivity contribution >= 4 is 28.9 Å². The number of hydrogen-bond acceptors (Lipinski definition) is 2. The van der Waals surface area contributed by atoms with E-state index in [1.165, 1.54) is 12.8 Å². The van der Waals surface area contributed by atoms with Gasteiger partial charge in [-0.05, 0) is 43.9 Å². The first-order valence-electron chi connectivity index (χ1n) is 6.06. The molecular weight excluding hydrogens is 257 g/mol. The largest absolute Gasteiger partial charge is 0.384 e. The lowest BCUT2D eigenvalue weighted by Gasteiger charge is -2.11. The van der Waals surface area contributed by atoms with E-state index in [1.54, 1.807) is 6.07 Å². The third-order valence-corrected chi connectivity index (χ3v) is 3.54. The van der Waals surface area contributed by atoms with Crippen LogP contribution in [-0.2, 0) is 4.74 Å². The number of benzene rings is 1. The Balaban J connectivity index is 1.72. The minimum absolute atomic E-state index is 0.464. The summed E-state index contributed by atoms with van der Waals surface area (Å²) < 4.78 is 5.57. The topological polar surface area (TPSA) is 21.3 Å². The van der Waals surface area contributed by atoms with Crippen LogP contribution in [-0.4, -0.2) is 19.3 Å². The summed E-state index contributed by atoms with van der Waals surface area (Å²) in [4.78, 5) is 0. The lowest BCUT2D eigenvalue weighted by molar-refractivity contribution is 0.103. The molecule has 1 aromatic rings. The lowest BCUT2D eigenvalue weighted by Crippen LogP contribution is -2.09. The maximum atomic E-state index is 6.06. The molecule has 94 valence electrons. The normalized spacial score (nSPS) is 19.5. The highest BCUT2D eigenvalue weighted by Crippen LogP contribution is 2.25. The van der Waals surface area contributed by atoms with Gasteiger partial charge in [-0.15, -0.1) is 0 Å². The number of halogens is 2. The van der Waals surface area contributed by atoms with E-state index in [-0.39, 0.29) is 0 Å². The van der Waals surface area contributed by atoms with E-state index in [0.29, 0.717) is 16.1 Å². The second-order valence-corrected chi connectivity index (χ2v) is 5.17. The number of ether oxygens (including phenoxy) is 1. The second kappa shape index (κ2) is 6.48. The van der Waals surface area contributed by atoms with Gasteiger partial charge in [0, 0.05) is 18.2 Å². The Kier molecular flexibility index (Phi) is 4.96. The Morgan fingerprint density at radius 3 is 3.00 bits per heavy atom. The molecule has 1 N–H and O–H groups in total. The Bertz CT molecular complexity index is 364. The smallest absolute Gasteiger partial charge is 0.0638 e. The summed E-state index contributed by atoms with van der Waals surface area (Å²) in [6.07, 6.45) is 5.08. The van der Waals surface area contributed by atoms with E-state index in [1.807, 2.05) is 12.1 Å². The third-order valence-electron chi connectivity index (χ3n) is 2.97. The van der Waals surface area contributed by atoms with E-state index in [2.05, 4.69) is 5.32 Å². The molecule has 0 spiro atoms. The highest BCUT2D eigenvalue weighted by atomic mass is 35.5. The molecule has 0 saturated carbocycles. The zero-order valence-electron chi connectivity index (χ0n) is 9.72. The van der Waals surface area contributed by atoms with Crippen LogP contribution < -0.4 is 5.32 Å². The van der Waals surface area contributed by atoms with Gasteiger partial charge >= 0.3 is 0 Å². The van der Waals surface area contributed by atoms with Crippen molar-refractivity contribution in [2.45, 2.75) is 31.8 Å². The Morgan fingerprint density at radius 2 is 2.24 bits per heavy atom. The predicted molar refractivity (Wildman–Crippen MR) is 73.2 cm³/mol. The van der Waals surface area contributed by atoms with Crippen LogP contribution in [0.1, 0.15) is 25.7 Å². The molecule has 17 heavy (non-hydrogen) atoms. The van der Waals surface area contributed by atoms with Gasteiger partial charge in [-0.1, -0.05) is 23.2 Å². The summed E-state index contributed by atoms with van der Waals surface area (Å²) in [5, 5.41) is 4.72. The average molecular weight is 274 g/mol. The Hall–Kier alpha value is -0.440. The van der Waals surface area contributed by atoms with Crippen molar-refractivity contribution in [3.63, 3.8) is 0 Å². The quantitative estimate of drug-likeness (QED) is 0.805. The molecular formula is C13H17Cl2NO. The van der Waals surface area contributed by atoms with Crippen LogP contribution in [0.2, 0.25) is 10.0 Å². The molecule has 4 heteroatoms. The first kappa shape index (κ1) is 13.0. The van der Waals surface area contributed by atoms with Gasteiger partial charge < -0.3 is 10.1 Å². The van der Waals surface area contributed by atoms with Crippen LogP contribution in [0, 0.1) is 0 Å². The van der Waals surface area contributed by atoms with Crippen molar-refractivity contribution in [1.29, 1.82) is 0 Å². The average Bonchev–Trinajstić information content (AvgIpc) is 2.82. The van der Waals surface area contributed by atoms with Crippen molar-refractivity contribution in [2.75, 3.05) is 18.5 Å². The minimum Gasteiger partial charge on any atom is -0.384 e. The molecule has 0 amide bonds. The number of rotatable bonds is 5. The molecule has 1 saturated heterocycles. The van der Waals surface area contributed by atoms with Crippen molar-refractivity contribution in [3.8, 4) is 0 Å². The van der Waals surface area contributed by atoms with Gasteiger partial charge in [0.1, 0.15) is 0 Å². The predicted octanol–water partition coefficient (Wildman–Crippen LogP) is 4.36. The monoisotopic (exact) mass is 273 g/mol. The molecule has 1 aromatic carbocycles. The standard InChI is InChI=1S/C13H17Cl2NO/c14-10-5-6-12(15)13(9-10)16-7-1-3-11-4-2-8-17-11/h5-6,9,11,16H,1-4,7-8H2. The fraction of sp³-hybridized carbons (Fsp3) is 0.538. The first-order valence-corrected chi connectivity index (χ1v) is 6.82. The van der Waals surface area contributed by atoms with Gasteiger partial charge in [-0.25, -0.2) is 0 Å². The van der Waals surface area contributed by atoms with Crippen LogP contribution in [0.25, 0.3) is 0 Å². The van der Waals surface area contributed by atoms with Gasteiger partial charge in [0.15, 0.2) is 0 Å². The molecule has 1 heterocycles. The van der Waals surface area contributed by atoms with E-state index in [4.69, 9.17) is 27.9 Å². The Morgan fingerprint density at radius 1 is 1.35 bits per heavy atom. The molecule has 1 atom stereocenters. The van der Waals surface area contributed by atoms with Crippen molar-refractivity contribution in [2.24, 2.45) is 0 Å². The van der Waals surface area contributed by atoms with Crippen LogP contribution in [0.3, 0.4) is 0 Å². The maximum absolute atomic E-state index is 6.06. The number of anilines is 1. The van der Waals surface area contributed by atoms with Gasteiger partial charge in [0.2, 0.25) is 0 Å². The first-order chi connectivity index (χ1) is 8.25. The van der Waals surface area contributed by atoms with Gasteiger partial charge in [0.05, 0.1) is 16.8 Å². The van der Waals surface area contributed by atoms with Crippen molar-refractivity contribution in [3.05, 3.63) is 28.2 Å². The number of nitrogens with one attached hydrogen (secondary N) is 1. The molecule has 0 bridgehead atoms. The SMILES string of the molecule is Clc1ccc(Cl)c(NCCCC2CCCO2)c1. The van der Waals surface area contributed by atoms with E-state index >= 15 is 0 Å². The van der Waals surface area contributed by atoms with Gasteiger partial charge in [0.25, 0.3) is 0 Å². The summed E-state index contributed by atoms with van der Waals surface area (Å²) in [7, 11) is 0. The van der Waals surface area contributed by atoms with Gasteiger partial charge in [-0.3, -0.25) is 0 Å².